The lowest BCUT2D eigenvalue weighted by Crippen LogP contribution is -2.47. The first-order chi connectivity index (χ1) is 9.31. The fourth-order valence-corrected chi connectivity index (χ4v) is 3.64. The zero-order valence-electron chi connectivity index (χ0n) is 11.3. The molecule has 1 aromatic rings. The van der Waals surface area contributed by atoms with Crippen LogP contribution in [0.25, 0.3) is 0 Å². The second-order valence-electron chi connectivity index (χ2n) is 5.90. The van der Waals surface area contributed by atoms with Crippen LogP contribution in [0.2, 0.25) is 0 Å². The average Bonchev–Trinajstić information content (AvgIpc) is 2.91. The molecule has 19 heavy (non-hydrogen) atoms. The lowest BCUT2D eigenvalue weighted by atomic mass is 9.67. The highest BCUT2D eigenvalue weighted by Crippen LogP contribution is 2.43. The van der Waals surface area contributed by atoms with Crippen LogP contribution in [-0.4, -0.2) is 19.0 Å². The molecule has 0 radical (unpaired) electrons. The van der Waals surface area contributed by atoms with Gasteiger partial charge in [-0.05, 0) is 30.9 Å². The van der Waals surface area contributed by atoms with Crippen LogP contribution in [0, 0.1) is 11.3 Å². The predicted octanol–water partition coefficient (Wildman–Crippen LogP) is 2.08. The van der Waals surface area contributed by atoms with E-state index < -0.39 is 0 Å². The Morgan fingerprint density at radius 1 is 1.32 bits per heavy atom. The monoisotopic (exact) mass is 258 g/mol. The van der Waals surface area contributed by atoms with Crippen molar-refractivity contribution in [3.8, 4) is 0 Å². The van der Waals surface area contributed by atoms with E-state index in [0.717, 1.165) is 19.5 Å². The first kappa shape index (κ1) is 12.7. The Hall–Kier alpha value is -1.35. The minimum atomic E-state index is -0.132. The fraction of sp³-hybridized carbons (Fsp3) is 0.562. The Morgan fingerprint density at radius 2 is 2.16 bits per heavy atom. The Balaban J connectivity index is 1.66. The van der Waals surface area contributed by atoms with Gasteiger partial charge in [0, 0.05) is 13.1 Å². The number of fused-ring (bicyclic) bond motifs is 1. The standard InChI is InChI=1S/C16H22N2O/c19-15(18-10-13-6-2-1-3-7-13)16-9-5-4-8-14(16)11-17-12-16/h1-3,6-7,14,17H,4-5,8-12H2,(H,18,19)/t14-,16+/m0/s1. The van der Waals surface area contributed by atoms with Gasteiger partial charge >= 0.3 is 0 Å². The molecule has 1 amide bonds. The Kier molecular flexibility index (Phi) is 3.56. The first-order valence-electron chi connectivity index (χ1n) is 7.34. The second kappa shape index (κ2) is 5.33. The third-order valence-corrected chi connectivity index (χ3v) is 4.79. The summed E-state index contributed by atoms with van der Waals surface area (Å²) in [6.07, 6.45) is 4.72. The molecule has 3 nitrogen and oxygen atoms in total. The predicted molar refractivity (Wildman–Crippen MR) is 75.5 cm³/mol. The summed E-state index contributed by atoms with van der Waals surface area (Å²) in [4.78, 5) is 12.6. The van der Waals surface area contributed by atoms with Crippen molar-refractivity contribution < 1.29 is 4.79 Å². The maximum absolute atomic E-state index is 12.6. The Labute approximate surface area is 114 Å². The van der Waals surface area contributed by atoms with E-state index >= 15 is 0 Å². The van der Waals surface area contributed by atoms with Crippen LogP contribution in [0.4, 0.5) is 0 Å². The molecule has 2 atom stereocenters. The minimum absolute atomic E-state index is 0.132. The molecule has 1 aliphatic carbocycles. The van der Waals surface area contributed by atoms with E-state index in [-0.39, 0.29) is 11.3 Å². The molecule has 102 valence electrons. The largest absolute Gasteiger partial charge is 0.351 e. The highest BCUT2D eigenvalue weighted by atomic mass is 16.2. The second-order valence-corrected chi connectivity index (χ2v) is 5.90. The molecule has 2 N–H and O–H groups in total. The number of carbonyl (C=O) groups is 1. The summed E-state index contributed by atoms with van der Waals surface area (Å²) in [5.41, 5.74) is 1.04. The minimum Gasteiger partial charge on any atom is -0.351 e. The molecular formula is C16H22N2O. The number of amides is 1. The average molecular weight is 258 g/mol. The van der Waals surface area contributed by atoms with Gasteiger partial charge in [-0.2, -0.15) is 0 Å². The van der Waals surface area contributed by atoms with E-state index in [1.54, 1.807) is 0 Å². The smallest absolute Gasteiger partial charge is 0.228 e. The zero-order valence-corrected chi connectivity index (χ0v) is 11.3. The Bertz CT molecular complexity index is 445. The molecule has 1 saturated heterocycles. The van der Waals surface area contributed by atoms with E-state index in [4.69, 9.17) is 0 Å². The first-order valence-corrected chi connectivity index (χ1v) is 7.34. The van der Waals surface area contributed by atoms with E-state index in [2.05, 4.69) is 22.8 Å². The highest BCUT2D eigenvalue weighted by molar-refractivity contribution is 5.83. The molecule has 0 bridgehead atoms. The van der Waals surface area contributed by atoms with Gasteiger partial charge in [0.25, 0.3) is 0 Å². The summed E-state index contributed by atoms with van der Waals surface area (Å²) < 4.78 is 0. The topological polar surface area (TPSA) is 41.1 Å². The van der Waals surface area contributed by atoms with Crippen LogP contribution in [0.3, 0.4) is 0 Å². The summed E-state index contributed by atoms with van der Waals surface area (Å²) in [6, 6.07) is 10.1. The normalized spacial score (nSPS) is 29.8. The van der Waals surface area contributed by atoms with Crippen LogP contribution in [0.1, 0.15) is 31.2 Å². The van der Waals surface area contributed by atoms with Crippen LogP contribution < -0.4 is 10.6 Å². The number of carbonyl (C=O) groups excluding carboxylic acids is 1. The van der Waals surface area contributed by atoms with E-state index in [9.17, 15) is 4.79 Å². The number of benzene rings is 1. The maximum atomic E-state index is 12.6. The van der Waals surface area contributed by atoms with Crippen molar-refractivity contribution in [3.63, 3.8) is 0 Å². The van der Waals surface area contributed by atoms with Crippen molar-refractivity contribution in [1.82, 2.24) is 10.6 Å². The van der Waals surface area contributed by atoms with Crippen LogP contribution in [0.5, 0.6) is 0 Å². The highest BCUT2D eigenvalue weighted by Gasteiger charge is 2.49. The molecule has 2 aliphatic rings. The SMILES string of the molecule is O=C(NCc1ccccc1)[C@@]12CCCC[C@H]1CNC2. The van der Waals surface area contributed by atoms with Gasteiger partial charge in [-0.25, -0.2) is 0 Å². The molecule has 1 saturated carbocycles. The van der Waals surface area contributed by atoms with Crippen molar-refractivity contribution in [1.29, 1.82) is 0 Å². The van der Waals surface area contributed by atoms with Crippen LogP contribution in [0.15, 0.2) is 30.3 Å². The number of hydrogen-bond donors (Lipinski definition) is 2. The fourth-order valence-electron chi connectivity index (χ4n) is 3.64. The van der Waals surface area contributed by atoms with Gasteiger partial charge in [-0.3, -0.25) is 4.79 Å². The summed E-state index contributed by atoms with van der Waals surface area (Å²) in [5, 5.41) is 6.58. The number of rotatable bonds is 3. The van der Waals surface area contributed by atoms with Gasteiger partial charge in [-0.15, -0.1) is 0 Å². The van der Waals surface area contributed by atoms with Gasteiger partial charge in [0.1, 0.15) is 0 Å². The Morgan fingerprint density at radius 3 is 3.00 bits per heavy atom. The van der Waals surface area contributed by atoms with Crippen molar-refractivity contribution in [3.05, 3.63) is 35.9 Å². The molecule has 1 heterocycles. The molecule has 0 aromatic heterocycles. The third kappa shape index (κ3) is 2.39. The molecule has 3 heteroatoms. The molecule has 0 spiro atoms. The van der Waals surface area contributed by atoms with E-state index in [1.807, 2.05) is 18.2 Å². The van der Waals surface area contributed by atoms with Crippen molar-refractivity contribution >= 4 is 5.91 Å². The zero-order chi connectivity index (χ0) is 13.1. The van der Waals surface area contributed by atoms with Gasteiger partial charge < -0.3 is 10.6 Å². The van der Waals surface area contributed by atoms with E-state index in [1.165, 1.54) is 24.8 Å². The van der Waals surface area contributed by atoms with Crippen LogP contribution in [-0.2, 0) is 11.3 Å². The molecular weight excluding hydrogens is 236 g/mol. The van der Waals surface area contributed by atoms with Crippen molar-refractivity contribution in [2.45, 2.75) is 32.2 Å². The number of nitrogens with one attached hydrogen (secondary N) is 2. The molecule has 2 fully saturated rings. The summed E-state index contributed by atoms with van der Waals surface area (Å²) in [6.45, 7) is 2.52. The van der Waals surface area contributed by atoms with E-state index in [0.29, 0.717) is 12.5 Å². The molecule has 3 rings (SSSR count). The third-order valence-electron chi connectivity index (χ3n) is 4.79. The summed E-state index contributed by atoms with van der Waals surface area (Å²) in [7, 11) is 0. The molecule has 0 unspecified atom stereocenters. The lowest BCUT2D eigenvalue weighted by molar-refractivity contribution is -0.134. The van der Waals surface area contributed by atoms with Crippen molar-refractivity contribution in [2.75, 3.05) is 13.1 Å². The van der Waals surface area contributed by atoms with Gasteiger partial charge in [0.15, 0.2) is 0 Å². The lowest BCUT2D eigenvalue weighted by Gasteiger charge is -2.37. The van der Waals surface area contributed by atoms with Gasteiger partial charge in [0.05, 0.1) is 5.41 Å². The maximum Gasteiger partial charge on any atom is 0.228 e. The molecule has 1 aromatic carbocycles. The van der Waals surface area contributed by atoms with Crippen molar-refractivity contribution in [2.24, 2.45) is 11.3 Å². The van der Waals surface area contributed by atoms with Gasteiger partial charge in [-0.1, -0.05) is 43.2 Å². The quantitative estimate of drug-likeness (QED) is 0.871. The summed E-state index contributed by atoms with van der Waals surface area (Å²) in [5.74, 6) is 0.795. The summed E-state index contributed by atoms with van der Waals surface area (Å²) >= 11 is 0. The number of hydrogen-bond acceptors (Lipinski definition) is 2. The van der Waals surface area contributed by atoms with Crippen LogP contribution >= 0.6 is 0 Å². The molecule has 1 aliphatic heterocycles. The van der Waals surface area contributed by atoms with Gasteiger partial charge in [0.2, 0.25) is 5.91 Å².